The lowest BCUT2D eigenvalue weighted by atomic mass is 10.0. The van der Waals surface area contributed by atoms with Crippen LogP contribution < -0.4 is 4.74 Å². The number of hydrogen-bond donors (Lipinski definition) is 0. The first-order chi connectivity index (χ1) is 15.0. The Hall–Kier alpha value is -3.74. The van der Waals surface area contributed by atoms with E-state index in [0.717, 1.165) is 33.7 Å². The molecule has 0 spiro atoms. The first kappa shape index (κ1) is 19.2. The third-order valence-corrected chi connectivity index (χ3v) is 5.46. The van der Waals surface area contributed by atoms with Gasteiger partial charge in [0.05, 0.1) is 17.3 Å². The third kappa shape index (κ3) is 3.52. The Morgan fingerprint density at radius 2 is 1.81 bits per heavy atom. The maximum Gasteiger partial charge on any atom is 0.189 e. The van der Waals surface area contributed by atoms with Gasteiger partial charge in [-0.05, 0) is 49.1 Å². The van der Waals surface area contributed by atoms with Crippen molar-refractivity contribution in [3.8, 4) is 11.4 Å². The highest BCUT2D eigenvalue weighted by atomic mass is 16.5. The van der Waals surface area contributed by atoms with Gasteiger partial charge in [-0.2, -0.15) is 5.10 Å². The van der Waals surface area contributed by atoms with Crippen molar-refractivity contribution < 1.29 is 4.74 Å². The summed E-state index contributed by atoms with van der Waals surface area (Å²) >= 11 is 0. The van der Waals surface area contributed by atoms with Crippen molar-refractivity contribution in [3.63, 3.8) is 0 Å². The highest BCUT2D eigenvalue weighted by Crippen LogP contribution is 2.25. The van der Waals surface area contributed by atoms with Crippen LogP contribution in [0.3, 0.4) is 0 Å². The molecule has 0 saturated carbocycles. The average Bonchev–Trinajstić information content (AvgIpc) is 3.37. The first-order valence-electron chi connectivity index (χ1n) is 10.4. The van der Waals surface area contributed by atoms with Crippen LogP contribution in [0.15, 0.2) is 55.0 Å². The van der Waals surface area contributed by atoms with Gasteiger partial charge < -0.3 is 4.74 Å². The summed E-state index contributed by atoms with van der Waals surface area (Å²) in [6.45, 7) is 8.74. The van der Waals surface area contributed by atoms with Gasteiger partial charge in [0.15, 0.2) is 17.1 Å². The molecule has 0 radical (unpaired) electrons. The molecule has 0 fully saturated rings. The summed E-state index contributed by atoms with van der Waals surface area (Å²) < 4.78 is 9.56. The van der Waals surface area contributed by atoms with Crippen LogP contribution in [0.4, 0.5) is 0 Å². The van der Waals surface area contributed by atoms with E-state index in [1.165, 1.54) is 11.1 Å². The van der Waals surface area contributed by atoms with Crippen molar-refractivity contribution >= 4 is 16.7 Å². The van der Waals surface area contributed by atoms with E-state index < -0.39 is 0 Å². The Morgan fingerprint density at radius 1 is 1.00 bits per heavy atom. The molecule has 31 heavy (non-hydrogen) atoms. The Bertz CT molecular complexity index is 1380. The van der Waals surface area contributed by atoms with E-state index >= 15 is 0 Å². The predicted octanol–water partition coefficient (Wildman–Crippen LogP) is 4.78. The van der Waals surface area contributed by atoms with Crippen LogP contribution in [-0.2, 0) is 6.61 Å². The number of aryl methyl sites for hydroxylation is 2. The molecule has 0 unspecified atom stereocenters. The monoisotopic (exact) mass is 412 g/mol. The molecule has 0 aliphatic carbocycles. The normalized spacial score (nSPS) is 11.6. The Kier molecular flexibility index (Phi) is 4.66. The maximum atomic E-state index is 6.06. The number of rotatable bonds is 5. The molecule has 2 aromatic carbocycles. The SMILES string of the molecule is Cc1ccc(-n2ncc3c2ncn2nc(COc4cc(C(C)C)ccc4C)nc32)cc1. The van der Waals surface area contributed by atoms with Gasteiger partial charge in [0.2, 0.25) is 0 Å². The van der Waals surface area contributed by atoms with Crippen LogP contribution in [0, 0.1) is 13.8 Å². The van der Waals surface area contributed by atoms with Gasteiger partial charge >= 0.3 is 0 Å². The molecule has 7 nitrogen and oxygen atoms in total. The molecule has 0 aliphatic heterocycles. The van der Waals surface area contributed by atoms with Gasteiger partial charge in [0, 0.05) is 0 Å². The molecule has 5 rings (SSSR count). The fourth-order valence-corrected chi connectivity index (χ4v) is 3.57. The van der Waals surface area contributed by atoms with Crippen molar-refractivity contribution in [3.05, 3.63) is 77.5 Å². The second kappa shape index (κ2) is 7.50. The topological polar surface area (TPSA) is 70.1 Å². The minimum atomic E-state index is 0.289. The third-order valence-electron chi connectivity index (χ3n) is 5.46. The van der Waals surface area contributed by atoms with Crippen molar-refractivity contribution in [1.29, 1.82) is 0 Å². The molecule has 0 aliphatic rings. The lowest BCUT2D eigenvalue weighted by molar-refractivity contribution is 0.293. The maximum absolute atomic E-state index is 6.06. The molecular formula is C24H24N6O. The number of fused-ring (bicyclic) bond motifs is 3. The van der Waals surface area contributed by atoms with E-state index in [2.05, 4.69) is 66.3 Å². The standard InChI is InChI=1S/C24H24N6O/c1-15(2)18-8-7-17(4)21(11-18)31-13-22-27-24-20-12-26-30(19-9-5-16(3)6-10-19)23(20)25-14-29(24)28-22/h5-12,14-15H,13H2,1-4H3. The Morgan fingerprint density at radius 3 is 2.58 bits per heavy atom. The molecule has 0 N–H and O–H groups in total. The van der Waals surface area contributed by atoms with E-state index in [0.29, 0.717) is 11.7 Å². The van der Waals surface area contributed by atoms with Crippen LogP contribution in [0.1, 0.15) is 42.3 Å². The van der Waals surface area contributed by atoms with Gasteiger partial charge in [-0.3, -0.25) is 0 Å². The summed E-state index contributed by atoms with van der Waals surface area (Å²) in [7, 11) is 0. The summed E-state index contributed by atoms with van der Waals surface area (Å²) in [5, 5.41) is 9.91. The molecule has 156 valence electrons. The summed E-state index contributed by atoms with van der Waals surface area (Å²) in [6, 6.07) is 14.5. The van der Waals surface area contributed by atoms with E-state index in [-0.39, 0.29) is 6.61 Å². The zero-order valence-electron chi connectivity index (χ0n) is 18.1. The second-order valence-corrected chi connectivity index (χ2v) is 8.14. The number of aromatic nitrogens is 6. The zero-order valence-corrected chi connectivity index (χ0v) is 18.1. The minimum Gasteiger partial charge on any atom is -0.485 e. The highest BCUT2D eigenvalue weighted by Gasteiger charge is 2.14. The van der Waals surface area contributed by atoms with E-state index in [9.17, 15) is 0 Å². The van der Waals surface area contributed by atoms with Crippen LogP contribution in [0.5, 0.6) is 5.75 Å². The molecule has 7 heteroatoms. The molecule has 3 heterocycles. The number of benzene rings is 2. The molecule has 0 atom stereocenters. The predicted molar refractivity (Wildman–Crippen MR) is 120 cm³/mol. The number of ether oxygens (including phenoxy) is 1. The van der Waals surface area contributed by atoms with Crippen molar-refractivity contribution in [2.24, 2.45) is 0 Å². The summed E-state index contributed by atoms with van der Waals surface area (Å²) in [5.74, 6) is 1.91. The fourth-order valence-electron chi connectivity index (χ4n) is 3.57. The molecule has 0 bridgehead atoms. The minimum absolute atomic E-state index is 0.289. The number of nitrogens with zero attached hydrogens (tertiary/aromatic N) is 6. The van der Waals surface area contributed by atoms with Gasteiger partial charge in [-0.1, -0.05) is 43.7 Å². The lowest BCUT2D eigenvalue weighted by Crippen LogP contribution is -2.01. The molecule has 5 aromatic rings. The van der Waals surface area contributed by atoms with Crippen LogP contribution in [0.25, 0.3) is 22.4 Å². The summed E-state index contributed by atoms with van der Waals surface area (Å²) in [6.07, 6.45) is 3.46. The molecule has 0 saturated heterocycles. The zero-order chi connectivity index (χ0) is 21.5. The summed E-state index contributed by atoms with van der Waals surface area (Å²) in [5.41, 5.74) is 5.97. The Balaban J connectivity index is 1.46. The first-order valence-corrected chi connectivity index (χ1v) is 10.4. The van der Waals surface area contributed by atoms with Gasteiger partial charge in [0.25, 0.3) is 0 Å². The quantitative estimate of drug-likeness (QED) is 0.415. The highest BCUT2D eigenvalue weighted by molar-refractivity contribution is 5.89. The summed E-state index contributed by atoms with van der Waals surface area (Å²) in [4.78, 5) is 9.26. The average molecular weight is 412 g/mol. The molecule has 3 aromatic heterocycles. The fraction of sp³-hybridized carbons (Fsp3) is 0.250. The van der Waals surface area contributed by atoms with E-state index in [1.54, 1.807) is 17.0 Å². The Labute approximate surface area is 180 Å². The smallest absolute Gasteiger partial charge is 0.189 e. The van der Waals surface area contributed by atoms with Gasteiger partial charge in [-0.25, -0.2) is 19.2 Å². The lowest BCUT2D eigenvalue weighted by Gasteiger charge is -2.11. The molecule has 0 amide bonds. The van der Waals surface area contributed by atoms with Crippen LogP contribution in [-0.4, -0.2) is 29.4 Å². The van der Waals surface area contributed by atoms with Gasteiger partial charge in [0.1, 0.15) is 18.7 Å². The van der Waals surface area contributed by atoms with E-state index in [4.69, 9.17) is 9.72 Å². The van der Waals surface area contributed by atoms with Crippen molar-refractivity contribution in [2.45, 2.75) is 40.2 Å². The van der Waals surface area contributed by atoms with Crippen molar-refractivity contribution in [2.75, 3.05) is 0 Å². The van der Waals surface area contributed by atoms with Crippen LogP contribution in [0.2, 0.25) is 0 Å². The molecular weight excluding hydrogens is 388 g/mol. The van der Waals surface area contributed by atoms with Crippen molar-refractivity contribution in [1.82, 2.24) is 29.4 Å². The van der Waals surface area contributed by atoms with Crippen LogP contribution >= 0.6 is 0 Å². The van der Waals surface area contributed by atoms with E-state index in [1.807, 2.05) is 23.7 Å². The second-order valence-electron chi connectivity index (χ2n) is 8.14. The largest absolute Gasteiger partial charge is 0.485 e. The number of hydrogen-bond acceptors (Lipinski definition) is 5. The van der Waals surface area contributed by atoms with Gasteiger partial charge in [-0.15, -0.1) is 5.10 Å².